The van der Waals surface area contributed by atoms with Crippen molar-refractivity contribution in [2.75, 3.05) is 13.1 Å². The van der Waals surface area contributed by atoms with Crippen molar-refractivity contribution in [1.29, 1.82) is 0 Å². The SMILES string of the molecule is CC(C)n1ncc2c(C(=O)NCCN)cc(-c3ccco3)nc21.Cl.Cl. The fourth-order valence-corrected chi connectivity index (χ4v) is 2.42. The molecule has 3 rings (SSSR count). The number of halogens is 2. The number of nitrogens with two attached hydrogens (primary N) is 1. The van der Waals surface area contributed by atoms with Crippen LogP contribution in [-0.2, 0) is 0 Å². The maximum Gasteiger partial charge on any atom is 0.252 e. The molecule has 0 aliphatic rings. The molecule has 0 fully saturated rings. The lowest BCUT2D eigenvalue weighted by molar-refractivity contribution is 0.0956. The predicted octanol–water partition coefficient (Wildman–Crippen LogP) is 2.80. The van der Waals surface area contributed by atoms with Crippen molar-refractivity contribution in [1.82, 2.24) is 20.1 Å². The fourth-order valence-electron chi connectivity index (χ4n) is 2.42. The lowest BCUT2D eigenvalue weighted by Gasteiger charge is -2.10. The lowest BCUT2D eigenvalue weighted by Crippen LogP contribution is -2.29. The Morgan fingerprint density at radius 3 is 2.76 bits per heavy atom. The average molecular weight is 386 g/mol. The Kier molecular flexibility index (Phi) is 7.41. The molecule has 0 unspecified atom stereocenters. The van der Waals surface area contributed by atoms with Gasteiger partial charge < -0.3 is 15.5 Å². The van der Waals surface area contributed by atoms with Gasteiger partial charge in [0.15, 0.2) is 11.4 Å². The van der Waals surface area contributed by atoms with Crippen molar-refractivity contribution in [2.45, 2.75) is 19.9 Å². The van der Waals surface area contributed by atoms with Crippen LogP contribution in [0.4, 0.5) is 0 Å². The number of amides is 1. The first kappa shape index (κ1) is 21.0. The summed E-state index contributed by atoms with van der Waals surface area (Å²) in [5.41, 5.74) is 7.23. The first-order chi connectivity index (χ1) is 11.1. The maximum absolute atomic E-state index is 12.5. The molecular weight excluding hydrogens is 365 g/mol. The number of pyridine rings is 1. The highest BCUT2D eigenvalue weighted by atomic mass is 35.5. The Balaban J connectivity index is 0.00000156. The number of fused-ring (bicyclic) bond motifs is 1. The molecule has 3 N–H and O–H groups in total. The van der Waals surface area contributed by atoms with E-state index in [-0.39, 0.29) is 36.8 Å². The zero-order chi connectivity index (χ0) is 16.4. The highest BCUT2D eigenvalue weighted by molar-refractivity contribution is 6.06. The number of rotatable bonds is 5. The summed E-state index contributed by atoms with van der Waals surface area (Å²) >= 11 is 0. The van der Waals surface area contributed by atoms with Crippen molar-refractivity contribution in [2.24, 2.45) is 5.73 Å². The monoisotopic (exact) mass is 385 g/mol. The van der Waals surface area contributed by atoms with Gasteiger partial charge in [0.05, 0.1) is 23.4 Å². The van der Waals surface area contributed by atoms with E-state index in [1.54, 1.807) is 29.3 Å². The summed E-state index contributed by atoms with van der Waals surface area (Å²) in [5.74, 6) is 0.412. The highest BCUT2D eigenvalue weighted by Gasteiger charge is 2.18. The van der Waals surface area contributed by atoms with Crippen molar-refractivity contribution < 1.29 is 9.21 Å². The van der Waals surface area contributed by atoms with Crippen LogP contribution < -0.4 is 11.1 Å². The Morgan fingerprint density at radius 2 is 2.16 bits per heavy atom. The number of hydrogen-bond donors (Lipinski definition) is 2. The molecule has 7 nitrogen and oxygen atoms in total. The lowest BCUT2D eigenvalue weighted by atomic mass is 10.1. The van der Waals surface area contributed by atoms with E-state index in [1.165, 1.54) is 0 Å². The molecule has 0 aliphatic carbocycles. The topological polar surface area (TPSA) is 99.0 Å². The largest absolute Gasteiger partial charge is 0.463 e. The number of hydrogen-bond acceptors (Lipinski definition) is 5. The van der Waals surface area contributed by atoms with Crippen LogP contribution in [-0.4, -0.2) is 33.8 Å². The summed E-state index contributed by atoms with van der Waals surface area (Å²) in [6.07, 6.45) is 3.25. The molecule has 0 saturated carbocycles. The second-order valence-electron chi connectivity index (χ2n) is 5.50. The van der Waals surface area contributed by atoms with Crippen LogP contribution in [0.15, 0.2) is 35.1 Å². The van der Waals surface area contributed by atoms with Crippen LogP contribution in [0, 0.1) is 0 Å². The minimum Gasteiger partial charge on any atom is -0.463 e. The normalized spacial score (nSPS) is 10.4. The Hall–Kier alpha value is -2.09. The van der Waals surface area contributed by atoms with E-state index < -0.39 is 0 Å². The summed E-state index contributed by atoms with van der Waals surface area (Å²) in [6.45, 7) is 4.83. The Morgan fingerprint density at radius 1 is 1.40 bits per heavy atom. The van der Waals surface area contributed by atoms with Crippen molar-refractivity contribution in [3.8, 4) is 11.5 Å². The van der Waals surface area contributed by atoms with Crippen LogP contribution in [0.1, 0.15) is 30.2 Å². The summed E-state index contributed by atoms with van der Waals surface area (Å²) < 4.78 is 7.21. The molecular formula is C16H21Cl2N5O2. The van der Waals surface area contributed by atoms with Crippen molar-refractivity contribution in [3.63, 3.8) is 0 Å². The van der Waals surface area contributed by atoms with Gasteiger partial charge in [-0.15, -0.1) is 24.8 Å². The summed E-state index contributed by atoms with van der Waals surface area (Å²) in [4.78, 5) is 17.1. The molecule has 0 aromatic carbocycles. The zero-order valence-electron chi connectivity index (χ0n) is 13.9. The standard InChI is InChI=1S/C16H19N5O2.2ClH/c1-10(2)21-15-12(9-19-21)11(16(22)18-6-5-17)8-13(20-15)14-4-3-7-23-14;;/h3-4,7-10H,5-6,17H2,1-2H3,(H,18,22);2*1H. The fraction of sp³-hybridized carbons (Fsp3) is 0.312. The van der Waals surface area contributed by atoms with E-state index in [2.05, 4.69) is 15.4 Å². The third-order valence-corrected chi connectivity index (χ3v) is 3.50. The van der Waals surface area contributed by atoms with Crippen molar-refractivity contribution >= 4 is 41.8 Å². The minimum atomic E-state index is -0.195. The van der Waals surface area contributed by atoms with Gasteiger partial charge in [-0.05, 0) is 32.0 Å². The van der Waals surface area contributed by atoms with Gasteiger partial charge in [-0.3, -0.25) is 4.79 Å². The minimum absolute atomic E-state index is 0. The molecule has 9 heteroatoms. The number of aromatic nitrogens is 3. The molecule has 0 spiro atoms. The molecule has 3 aromatic heterocycles. The van der Waals surface area contributed by atoms with E-state index >= 15 is 0 Å². The predicted molar refractivity (Wildman–Crippen MR) is 101 cm³/mol. The molecule has 136 valence electrons. The van der Waals surface area contributed by atoms with E-state index in [9.17, 15) is 4.79 Å². The zero-order valence-corrected chi connectivity index (χ0v) is 15.6. The second kappa shape index (κ2) is 8.84. The smallest absolute Gasteiger partial charge is 0.252 e. The number of nitrogens with one attached hydrogen (secondary N) is 1. The van der Waals surface area contributed by atoms with Crippen molar-refractivity contribution in [3.05, 3.63) is 36.2 Å². The molecule has 0 saturated heterocycles. The maximum atomic E-state index is 12.5. The van der Waals surface area contributed by atoms with Gasteiger partial charge in [-0.2, -0.15) is 5.10 Å². The summed E-state index contributed by atoms with van der Waals surface area (Å²) in [6, 6.07) is 5.45. The molecule has 25 heavy (non-hydrogen) atoms. The number of carbonyl (C=O) groups excluding carboxylic acids is 1. The third-order valence-electron chi connectivity index (χ3n) is 3.50. The third kappa shape index (κ3) is 4.12. The highest BCUT2D eigenvalue weighted by Crippen LogP contribution is 2.26. The molecule has 0 bridgehead atoms. The van der Waals surface area contributed by atoms with Gasteiger partial charge in [0.1, 0.15) is 5.69 Å². The molecule has 1 amide bonds. The van der Waals surface area contributed by atoms with Crippen LogP contribution in [0.5, 0.6) is 0 Å². The number of furan rings is 1. The van der Waals surface area contributed by atoms with E-state index in [4.69, 9.17) is 10.2 Å². The van der Waals surface area contributed by atoms with E-state index in [0.29, 0.717) is 41.1 Å². The average Bonchev–Trinajstić information content (AvgIpc) is 3.20. The first-order valence-corrected chi connectivity index (χ1v) is 7.52. The van der Waals surface area contributed by atoms with Crippen LogP contribution in [0.3, 0.4) is 0 Å². The quantitative estimate of drug-likeness (QED) is 0.703. The van der Waals surface area contributed by atoms with E-state index in [0.717, 1.165) is 0 Å². The first-order valence-electron chi connectivity index (χ1n) is 7.52. The van der Waals surface area contributed by atoms with Gasteiger partial charge >= 0.3 is 0 Å². The van der Waals surface area contributed by atoms with Gasteiger partial charge in [0, 0.05) is 19.1 Å². The summed E-state index contributed by atoms with van der Waals surface area (Å²) in [5, 5.41) is 7.86. The second-order valence-corrected chi connectivity index (χ2v) is 5.50. The Labute approximate surface area is 157 Å². The van der Waals surface area contributed by atoms with Gasteiger partial charge in [0.2, 0.25) is 0 Å². The summed E-state index contributed by atoms with van der Waals surface area (Å²) in [7, 11) is 0. The number of carbonyl (C=O) groups is 1. The van der Waals surface area contributed by atoms with E-state index in [1.807, 2.05) is 19.9 Å². The van der Waals surface area contributed by atoms with Crippen LogP contribution in [0.2, 0.25) is 0 Å². The van der Waals surface area contributed by atoms with Gasteiger partial charge in [-0.25, -0.2) is 9.67 Å². The molecule has 3 heterocycles. The molecule has 3 aromatic rings. The molecule has 0 aliphatic heterocycles. The van der Waals surface area contributed by atoms with Crippen LogP contribution >= 0.6 is 24.8 Å². The number of nitrogens with zero attached hydrogens (tertiary/aromatic N) is 3. The Bertz CT molecular complexity index is 831. The molecule has 0 radical (unpaired) electrons. The van der Waals surface area contributed by atoms with Gasteiger partial charge in [-0.1, -0.05) is 0 Å². The molecule has 0 atom stereocenters. The van der Waals surface area contributed by atoms with Crippen LogP contribution in [0.25, 0.3) is 22.5 Å². The van der Waals surface area contributed by atoms with Gasteiger partial charge in [0.25, 0.3) is 5.91 Å².